The number of nitrogens with one attached hydrogen (secondary N) is 3. The van der Waals surface area contributed by atoms with Crippen LogP contribution >= 0.6 is 0 Å². The Morgan fingerprint density at radius 3 is 2.52 bits per heavy atom. The molecule has 0 radical (unpaired) electrons. The third kappa shape index (κ3) is 5.88. The van der Waals surface area contributed by atoms with Gasteiger partial charge in [-0.05, 0) is 51.2 Å². The number of anilines is 2. The highest BCUT2D eigenvalue weighted by atomic mass is 16.5. The number of carbonyl (C=O) groups excluding carboxylic acids is 2. The Morgan fingerprint density at radius 2 is 1.87 bits per heavy atom. The molecule has 1 saturated heterocycles. The van der Waals surface area contributed by atoms with Gasteiger partial charge in [0.05, 0.1) is 0 Å². The molecule has 0 unspecified atom stereocenters. The molecule has 1 aromatic carbocycles. The molecular formula is C16H24N4O3. The fourth-order valence-electron chi connectivity index (χ4n) is 2.51. The zero-order valence-electron chi connectivity index (χ0n) is 13.6. The Hall–Kier alpha value is -2.12. The van der Waals surface area contributed by atoms with E-state index in [1.165, 1.54) is 7.11 Å². The topological polar surface area (TPSA) is 82.7 Å². The molecule has 7 nitrogen and oxygen atoms in total. The van der Waals surface area contributed by atoms with Crippen molar-refractivity contribution in [3.8, 4) is 0 Å². The van der Waals surface area contributed by atoms with Gasteiger partial charge in [0.2, 0.25) is 5.91 Å². The number of hydrogen-bond donors (Lipinski definition) is 3. The van der Waals surface area contributed by atoms with Gasteiger partial charge in [0.15, 0.2) is 0 Å². The number of piperidine rings is 1. The Kier molecular flexibility index (Phi) is 6.37. The molecule has 0 bridgehead atoms. The zero-order valence-corrected chi connectivity index (χ0v) is 13.6. The molecule has 2 rings (SSSR count). The number of carbonyl (C=O) groups is 2. The number of likely N-dealkylation sites (tertiary alicyclic amines) is 1. The van der Waals surface area contributed by atoms with Crippen LogP contribution in [0.3, 0.4) is 0 Å². The molecule has 23 heavy (non-hydrogen) atoms. The van der Waals surface area contributed by atoms with Gasteiger partial charge in [0, 0.05) is 24.5 Å². The maximum atomic E-state index is 12.1. The number of urea groups is 1. The second kappa shape index (κ2) is 8.50. The lowest BCUT2D eigenvalue weighted by Crippen LogP contribution is -2.44. The van der Waals surface area contributed by atoms with Crippen molar-refractivity contribution < 1.29 is 14.3 Å². The molecule has 1 aliphatic rings. The van der Waals surface area contributed by atoms with E-state index in [-0.39, 0.29) is 24.6 Å². The van der Waals surface area contributed by atoms with E-state index in [0.29, 0.717) is 11.4 Å². The summed E-state index contributed by atoms with van der Waals surface area (Å²) in [4.78, 5) is 25.8. The molecule has 1 aromatic rings. The maximum Gasteiger partial charge on any atom is 0.319 e. The number of rotatable bonds is 5. The van der Waals surface area contributed by atoms with Gasteiger partial charge in [0.25, 0.3) is 0 Å². The van der Waals surface area contributed by atoms with Crippen LogP contribution in [0.4, 0.5) is 16.2 Å². The molecular weight excluding hydrogens is 296 g/mol. The minimum absolute atomic E-state index is 0.00569. The van der Waals surface area contributed by atoms with Gasteiger partial charge >= 0.3 is 6.03 Å². The van der Waals surface area contributed by atoms with Gasteiger partial charge < -0.3 is 25.6 Å². The van der Waals surface area contributed by atoms with Crippen molar-refractivity contribution in [3.05, 3.63) is 24.3 Å². The third-order valence-corrected chi connectivity index (χ3v) is 3.73. The molecule has 3 amide bonds. The molecule has 7 heteroatoms. The summed E-state index contributed by atoms with van der Waals surface area (Å²) in [5, 5.41) is 8.49. The van der Waals surface area contributed by atoms with E-state index in [1.54, 1.807) is 24.3 Å². The van der Waals surface area contributed by atoms with E-state index in [0.717, 1.165) is 25.9 Å². The second-order valence-corrected chi connectivity index (χ2v) is 5.74. The first-order valence-corrected chi connectivity index (χ1v) is 7.71. The zero-order chi connectivity index (χ0) is 16.7. The third-order valence-electron chi connectivity index (χ3n) is 3.73. The minimum atomic E-state index is -0.236. The smallest absolute Gasteiger partial charge is 0.319 e. The van der Waals surface area contributed by atoms with E-state index in [4.69, 9.17) is 4.74 Å². The lowest BCUT2D eigenvalue weighted by molar-refractivity contribution is -0.119. The predicted octanol–water partition coefficient (Wildman–Crippen LogP) is 1.49. The Bertz CT molecular complexity index is 542. The van der Waals surface area contributed by atoms with Crippen molar-refractivity contribution in [1.29, 1.82) is 0 Å². The fourth-order valence-corrected chi connectivity index (χ4v) is 2.51. The Labute approximate surface area is 136 Å². The number of ether oxygens (including phenoxy) is 1. The summed E-state index contributed by atoms with van der Waals surface area (Å²) in [5.41, 5.74) is 1.25. The lowest BCUT2D eigenvalue weighted by atomic mass is 10.1. The van der Waals surface area contributed by atoms with E-state index in [9.17, 15) is 9.59 Å². The fraction of sp³-hybridized carbons (Fsp3) is 0.500. The van der Waals surface area contributed by atoms with E-state index >= 15 is 0 Å². The van der Waals surface area contributed by atoms with Crippen molar-refractivity contribution in [2.75, 3.05) is 44.5 Å². The van der Waals surface area contributed by atoms with Crippen molar-refractivity contribution in [3.63, 3.8) is 0 Å². The molecule has 0 aliphatic carbocycles. The molecule has 1 fully saturated rings. The maximum absolute atomic E-state index is 12.1. The molecule has 3 N–H and O–H groups in total. The van der Waals surface area contributed by atoms with Gasteiger partial charge in [-0.2, -0.15) is 0 Å². The van der Waals surface area contributed by atoms with Crippen LogP contribution in [0.5, 0.6) is 0 Å². The van der Waals surface area contributed by atoms with E-state index in [1.807, 2.05) is 0 Å². The molecule has 1 heterocycles. The van der Waals surface area contributed by atoms with Gasteiger partial charge in [0.1, 0.15) is 6.61 Å². The number of hydrogen-bond acceptors (Lipinski definition) is 4. The lowest BCUT2D eigenvalue weighted by Gasteiger charge is -2.29. The second-order valence-electron chi connectivity index (χ2n) is 5.74. The summed E-state index contributed by atoms with van der Waals surface area (Å²) in [7, 11) is 3.55. The molecule has 0 saturated carbocycles. The monoisotopic (exact) mass is 320 g/mol. The summed E-state index contributed by atoms with van der Waals surface area (Å²) >= 11 is 0. The van der Waals surface area contributed by atoms with Crippen molar-refractivity contribution >= 4 is 23.3 Å². The highest BCUT2D eigenvalue weighted by molar-refractivity contribution is 5.94. The first-order chi connectivity index (χ1) is 11.1. The molecule has 0 atom stereocenters. The molecule has 1 aliphatic heterocycles. The average Bonchev–Trinajstić information content (AvgIpc) is 2.50. The van der Waals surface area contributed by atoms with Crippen LogP contribution in [0.25, 0.3) is 0 Å². The van der Waals surface area contributed by atoms with Gasteiger partial charge in [-0.3, -0.25) is 4.79 Å². The van der Waals surface area contributed by atoms with Crippen LogP contribution in [0.15, 0.2) is 24.3 Å². The van der Waals surface area contributed by atoms with Crippen LogP contribution < -0.4 is 16.0 Å². The average molecular weight is 320 g/mol. The van der Waals surface area contributed by atoms with Gasteiger partial charge in [-0.25, -0.2) is 4.79 Å². The van der Waals surface area contributed by atoms with Crippen LogP contribution in [0.1, 0.15) is 12.8 Å². The van der Waals surface area contributed by atoms with E-state index in [2.05, 4.69) is 27.9 Å². The number of amides is 3. The number of benzene rings is 1. The summed E-state index contributed by atoms with van der Waals surface area (Å²) in [5.74, 6) is -0.236. The standard InChI is InChI=1S/C16H24N4O3/c1-20-8-6-12(7-9-20)18-16(22)19-14-5-3-4-13(10-14)17-15(21)11-23-2/h3-5,10,12H,6-9,11H2,1-2H3,(H,17,21)(H2,18,19,22). The minimum Gasteiger partial charge on any atom is -0.375 e. The normalized spacial score (nSPS) is 15.9. The number of methoxy groups -OCH3 is 1. The molecule has 0 aromatic heterocycles. The summed E-state index contributed by atoms with van der Waals surface area (Å²) in [6, 6.07) is 7.00. The molecule has 0 spiro atoms. The predicted molar refractivity (Wildman–Crippen MR) is 89.6 cm³/mol. The molecule has 126 valence electrons. The van der Waals surface area contributed by atoms with Crippen LogP contribution in [-0.4, -0.2) is 56.7 Å². The Balaban J connectivity index is 1.84. The van der Waals surface area contributed by atoms with Crippen LogP contribution in [0, 0.1) is 0 Å². The van der Waals surface area contributed by atoms with Crippen LogP contribution in [0.2, 0.25) is 0 Å². The summed E-state index contributed by atoms with van der Waals surface area (Å²) in [6.45, 7) is 1.98. The van der Waals surface area contributed by atoms with Crippen molar-refractivity contribution in [1.82, 2.24) is 10.2 Å². The first-order valence-electron chi connectivity index (χ1n) is 7.71. The highest BCUT2D eigenvalue weighted by Gasteiger charge is 2.18. The van der Waals surface area contributed by atoms with Crippen molar-refractivity contribution in [2.45, 2.75) is 18.9 Å². The number of nitrogens with zero attached hydrogens (tertiary/aromatic N) is 1. The highest BCUT2D eigenvalue weighted by Crippen LogP contribution is 2.15. The van der Waals surface area contributed by atoms with E-state index < -0.39 is 0 Å². The van der Waals surface area contributed by atoms with Crippen molar-refractivity contribution in [2.24, 2.45) is 0 Å². The van der Waals surface area contributed by atoms with Gasteiger partial charge in [-0.1, -0.05) is 6.07 Å². The summed E-state index contributed by atoms with van der Waals surface area (Å²) < 4.78 is 4.77. The first kappa shape index (κ1) is 17.2. The quantitative estimate of drug-likeness (QED) is 0.767. The SMILES string of the molecule is COCC(=O)Nc1cccc(NC(=O)NC2CCN(C)CC2)c1. The van der Waals surface area contributed by atoms with Crippen LogP contribution in [-0.2, 0) is 9.53 Å². The van der Waals surface area contributed by atoms with Gasteiger partial charge in [-0.15, -0.1) is 0 Å². The largest absolute Gasteiger partial charge is 0.375 e. The summed E-state index contributed by atoms with van der Waals surface area (Å²) in [6.07, 6.45) is 1.91. The Morgan fingerprint density at radius 1 is 1.22 bits per heavy atom.